The number of anilines is 1. The molecule has 2 unspecified atom stereocenters. The molecule has 0 aromatic carbocycles. The van der Waals surface area contributed by atoms with Gasteiger partial charge in [-0.3, -0.25) is 14.9 Å². The zero-order valence-corrected chi connectivity index (χ0v) is 12.5. The van der Waals surface area contributed by atoms with Crippen LogP contribution in [0.1, 0.15) is 36.6 Å². The fourth-order valence-electron chi connectivity index (χ4n) is 2.76. The van der Waals surface area contributed by atoms with E-state index < -0.39 is 4.92 Å². The molecular formula is C13H15N5O3S. The quantitative estimate of drug-likeness (QED) is 0.646. The van der Waals surface area contributed by atoms with Crippen LogP contribution in [0.3, 0.4) is 0 Å². The van der Waals surface area contributed by atoms with Gasteiger partial charge in [-0.05, 0) is 18.9 Å². The van der Waals surface area contributed by atoms with Crippen LogP contribution in [0.25, 0.3) is 0 Å². The molecule has 2 aromatic rings. The van der Waals surface area contributed by atoms with Gasteiger partial charge in [0.2, 0.25) is 5.95 Å². The largest absolute Gasteiger partial charge is 0.346 e. The third-order valence-electron chi connectivity index (χ3n) is 3.81. The lowest BCUT2D eigenvalue weighted by molar-refractivity contribution is -0.380. The monoisotopic (exact) mass is 321 g/mol. The third kappa shape index (κ3) is 2.98. The first kappa shape index (κ1) is 14.6. The van der Waals surface area contributed by atoms with Crippen LogP contribution in [-0.4, -0.2) is 25.9 Å². The molecule has 1 aliphatic carbocycles. The number of ketones is 1. The Morgan fingerprint density at radius 2 is 2.32 bits per heavy atom. The van der Waals surface area contributed by atoms with Crippen LogP contribution in [0.15, 0.2) is 18.5 Å². The van der Waals surface area contributed by atoms with E-state index >= 15 is 0 Å². The number of Topliss-reactive ketones (excluding diaryl/α,β-unsaturated/α-hetero) is 1. The van der Waals surface area contributed by atoms with Crippen LogP contribution < -0.4 is 5.32 Å². The molecule has 9 heteroatoms. The number of nitro groups is 1. The molecule has 0 spiro atoms. The first-order chi connectivity index (χ1) is 10.6. The fraction of sp³-hybridized carbons (Fsp3) is 0.462. The van der Waals surface area contributed by atoms with Crippen molar-refractivity contribution in [2.45, 2.75) is 31.7 Å². The molecule has 116 valence electrons. The predicted octanol–water partition coefficient (Wildman–Crippen LogP) is 2.69. The van der Waals surface area contributed by atoms with E-state index in [1.54, 1.807) is 6.07 Å². The van der Waals surface area contributed by atoms with Crippen LogP contribution in [0.2, 0.25) is 0 Å². The van der Waals surface area contributed by atoms with Crippen molar-refractivity contribution in [1.29, 1.82) is 0 Å². The van der Waals surface area contributed by atoms with Gasteiger partial charge in [0.25, 0.3) is 0 Å². The number of H-pyrrole nitrogens is 1. The average Bonchev–Trinajstić information content (AvgIpc) is 3.17. The van der Waals surface area contributed by atoms with Gasteiger partial charge in [-0.15, -0.1) is 0 Å². The normalized spacial score (nSPS) is 19.8. The lowest BCUT2D eigenvalue weighted by Crippen LogP contribution is -2.30. The van der Waals surface area contributed by atoms with E-state index in [1.807, 2.05) is 0 Å². The Morgan fingerprint density at radius 3 is 2.95 bits per heavy atom. The zero-order valence-electron chi connectivity index (χ0n) is 11.7. The number of rotatable bonds is 5. The van der Waals surface area contributed by atoms with Crippen molar-refractivity contribution in [2.75, 3.05) is 5.32 Å². The number of nitrogens with one attached hydrogen (secondary N) is 2. The van der Waals surface area contributed by atoms with Crippen LogP contribution in [0.5, 0.6) is 0 Å². The Bertz CT molecular complexity index is 669. The van der Waals surface area contributed by atoms with E-state index in [9.17, 15) is 14.9 Å². The van der Waals surface area contributed by atoms with Crippen molar-refractivity contribution in [3.63, 3.8) is 0 Å². The Morgan fingerprint density at radius 1 is 1.45 bits per heavy atom. The average molecular weight is 321 g/mol. The molecular weight excluding hydrogens is 306 g/mol. The Hall–Kier alpha value is -2.29. The van der Waals surface area contributed by atoms with Crippen molar-refractivity contribution in [2.24, 2.45) is 5.92 Å². The number of hydrogen-bond acceptors (Lipinski definition) is 7. The molecule has 2 heterocycles. The summed E-state index contributed by atoms with van der Waals surface area (Å²) in [5.74, 6) is 0.454. The number of thiophene rings is 1. The van der Waals surface area contributed by atoms with Gasteiger partial charge in [-0.2, -0.15) is 5.10 Å². The minimum absolute atomic E-state index is 0.0719. The van der Waals surface area contributed by atoms with Crippen molar-refractivity contribution in [1.82, 2.24) is 15.2 Å². The SMILES string of the molecule is O=C1CCCCC1C(Nc1ncn[nH]1)c1ccc([N+](=O)[O-])s1. The van der Waals surface area contributed by atoms with E-state index in [0.29, 0.717) is 12.4 Å². The molecule has 2 atom stereocenters. The zero-order chi connectivity index (χ0) is 15.5. The second-order valence-electron chi connectivity index (χ2n) is 5.21. The number of hydrogen-bond donors (Lipinski definition) is 2. The number of nitrogens with zero attached hydrogens (tertiary/aromatic N) is 3. The highest BCUT2D eigenvalue weighted by atomic mass is 32.1. The molecule has 0 saturated heterocycles. The summed E-state index contributed by atoms with van der Waals surface area (Å²) < 4.78 is 0. The van der Waals surface area contributed by atoms with Gasteiger partial charge in [0.05, 0.1) is 11.0 Å². The van der Waals surface area contributed by atoms with Gasteiger partial charge >= 0.3 is 5.00 Å². The lowest BCUT2D eigenvalue weighted by atomic mass is 9.82. The summed E-state index contributed by atoms with van der Waals surface area (Å²) in [5.41, 5.74) is 0. The molecule has 0 aliphatic heterocycles. The maximum Gasteiger partial charge on any atom is 0.324 e. The molecule has 1 aliphatic rings. The topological polar surface area (TPSA) is 114 Å². The standard InChI is InChI=1S/C13H15N5O3S/c19-9-4-2-1-3-8(9)12(16-13-14-7-15-17-13)10-5-6-11(22-10)18(20)21/h5-8,12H,1-4H2,(H2,14,15,16,17). The minimum atomic E-state index is -0.414. The van der Waals surface area contributed by atoms with Gasteiger partial charge in [0.1, 0.15) is 12.1 Å². The van der Waals surface area contributed by atoms with Gasteiger partial charge in [0, 0.05) is 23.3 Å². The Labute approximate surface area is 130 Å². The van der Waals surface area contributed by atoms with Gasteiger partial charge in [0.15, 0.2) is 0 Å². The number of carbonyl (C=O) groups excluding carboxylic acids is 1. The maximum absolute atomic E-state index is 12.3. The lowest BCUT2D eigenvalue weighted by Gasteiger charge is -2.28. The second-order valence-corrected chi connectivity index (χ2v) is 6.30. The van der Waals surface area contributed by atoms with E-state index in [4.69, 9.17) is 0 Å². The number of carbonyl (C=O) groups is 1. The maximum atomic E-state index is 12.3. The van der Waals surface area contributed by atoms with Crippen LogP contribution >= 0.6 is 11.3 Å². The highest BCUT2D eigenvalue weighted by Crippen LogP contribution is 2.38. The molecule has 8 nitrogen and oxygen atoms in total. The van der Waals surface area contributed by atoms with Crippen molar-refractivity contribution >= 4 is 28.1 Å². The molecule has 0 radical (unpaired) electrons. The summed E-state index contributed by atoms with van der Waals surface area (Å²) in [4.78, 5) is 27.5. The smallest absolute Gasteiger partial charge is 0.324 e. The predicted molar refractivity (Wildman–Crippen MR) is 80.7 cm³/mol. The minimum Gasteiger partial charge on any atom is -0.346 e. The molecule has 1 saturated carbocycles. The summed E-state index contributed by atoms with van der Waals surface area (Å²) in [5, 5.41) is 20.6. The molecule has 2 aromatic heterocycles. The first-order valence-electron chi connectivity index (χ1n) is 7.04. The summed E-state index contributed by atoms with van der Waals surface area (Å²) >= 11 is 1.09. The first-order valence-corrected chi connectivity index (χ1v) is 7.85. The second kappa shape index (κ2) is 6.22. The fourth-order valence-corrected chi connectivity index (χ4v) is 3.70. The Kier molecular flexibility index (Phi) is 4.14. The molecule has 2 N–H and O–H groups in total. The Balaban J connectivity index is 1.90. The summed E-state index contributed by atoms with van der Waals surface area (Å²) in [6.45, 7) is 0. The molecule has 22 heavy (non-hydrogen) atoms. The highest BCUT2D eigenvalue weighted by molar-refractivity contribution is 7.15. The van der Waals surface area contributed by atoms with Crippen molar-refractivity contribution < 1.29 is 9.72 Å². The molecule has 0 amide bonds. The summed E-state index contributed by atoms with van der Waals surface area (Å²) in [6, 6.07) is 2.86. The van der Waals surface area contributed by atoms with Gasteiger partial charge < -0.3 is 5.32 Å². The molecule has 0 bridgehead atoms. The highest BCUT2D eigenvalue weighted by Gasteiger charge is 2.33. The number of aromatic amines is 1. The van der Waals surface area contributed by atoms with E-state index in [-0.39, 0.29) is 22.7 Å². The van der Waals surface area contributed by atoms with Crippen LogP contribution in [0.4, 0.5) is 10.9 Å². The summed E-state index contributed by atoms with van der Waals surface area (Å²) in [6.07, 6.45) is 4.61. The summed E-state index contributed by atoms with van der Waals surface area (Å²) in [7, 11) is 0. The van der Waals surface area contributed by atoms with Crippen LogP contribution in [0, 0.1) is 16.0 Å². The van der Waals surface area contributed by atoms with Crippen LogP contribution in [-0.2, 0) is 4.79 Å². The molecule has 1 fully saturated rings. The van der Waals surface area contributed by atoms with Crippen molar-refractivity contribution in [3.05, 3.63) is 33.5 Å². The molecule has 3 rings (SSSR count). The van der Waals surface area contributed by atoms with E-state index in [0.717, 1.165) is 35.5 Å². The third-order valence-corrected chi connectivity index (χ3v) is 4.93. The van der Waals surface area contributed by atoms with E-state index in [2.05, 4.69) is 20.5 Å². The number of aromatic nitrogens is 3. The van der Waals surface area contributed by atoms with Gasteiger partial charge in [-0.1, -0.05) is 17.8 Å². The van der Waals surface area contributed by atoms with Crippen molar-refractivity contribution in [3.8, 4) is 0 Å². The van der Waals surface area contributed by atoms with Gasteiger partial charge in [-0.25, -0.2) is 10.1 Å². The van der Waals surface area contributed by atoms with E-state index in [1.165, 1.54) is 12.4 Å².